The van der Waals surface area contributed by atoms with Crippen molar-refractivity contribution < 1.29 is 9.59 Å². The van der Waals surface area contributed by atoms with Crippen LogP contribution in [-0.2, 0) is 17.8 Å². The molecule has 0 saturated carbocycles. The Morgan fingerprint density at radius 2 is 2.04 bits per heavy atom. The van der Waals surface area contributed by atoms with Gasteiger partial charge < -0.3 is 15.5 Å². The molecule has 0 atom stereocenters. The van der Waals surface area contributed by atoms with Gasteiger partial charge >= 0.3 is 0 Å². The number of hydrogen-bond acceptors (Lipinski definition) is 5. The summed E-state index contributed by atoms with van der Waals surface area (Å²) in [6, 6.07) is 3.36. The molecule has 8 nitrogen and oxygen atoms in total. The number of hydrogen-bond donors (Lipinski definition) is 3. The molecular weight excluding hydrogens is 403 g/mol. The van der Waals surface area contributed by atoms with Gasteiger partial charge in [-0.1, -0.05) is 11.6 Å². The SMILES string of the molecule is Cl.O=C(Nc1ccc(Cl)cn1)C1CCN(C(=O)c2n[nH]c3c2CNCC3)CC1. The summed E-state index contributed by atoms with van der Waals surface area (Å²) in [5.41, 5.74) is 2.52. The lowest BCUT2D eigenvalue weighted by atomic mass is 9.95. The number of fused-ring (bicyclic) bond motifs is 1. The summed E-state index contributed by atoms with van der Waals surface area (Å²) in [5.74, 6) is 0.215. The van der Waals surface area contributed by atoms with Gasteiger partial charge in [0.2, 0.25) is 5.91 Å². The lowest BCUT2D eigenvalue weighted by Crippen LogP contribution is -2.42. The van der Waals surface area contributed by atoms with Gasteiger partial charge in [-0.15, -0.1) is 12.4 Å². The van der Waals surface area contributed by atoms with E-state index in [-0.39, 0.29) is 30.1 Å². The predicted molar refractivity (Wildman–Crippen MR) is 108 cm³/mol. The second-order valence-electron chi connectivity index (χ2n) is 6.87. The predicted octanol–water partition coefficient (Wildman–Crippen LogP) is 2.02. The van der Waals surface area contributed by atoms with Crippen LogP contribution in [-0.4, -0.2) is 51.5 Å². The molecule has 0 aliphatic carbocycles. The molecule has 3 N–H and O–H groups in total. The van der Waals surface area contributed by atoms with Crippen molar-refractivity contribution in [1.82, 2.24) is 25.4 Å². The first-order valence-corrected chi connectivity index (χ1v) is 9.48. The maximum absolute atomic E-state index is 12.8. The number of halogens is 2. The molecule has 0 spiro atoms. The first-order valence-electron chi connectivity index (χ1n) is 9.10. The highest BCUT2D eigenvalue weighted by Gasteiger charge is 2.31. The summed E-state index contributed by atoms with van der Waals surface area (Å²) in [6.45, 7) is 2.64. The van der Waals surface area contributed by atoms with E-state index in [4.69, 9.17) is 11.6 Å². The summed E-state index contributed by atoms with van der Waals surface area (Å²) in [6.07, 6.45) is 3.60. The van der Waals surface area contributed by atoms with Gasteiger partial charge in [0.25, 0.3) is 5.91 Å². The quantitative estimate of drug-likeness (QED) is 0.698. The van der Waals surface area contributed by atoms with Crippen LogP contribution in [0.5, 0.6) is 0 Å². The number of anilines is 1. The normalized spacial score (nSPS) is 16.8. The maximum atomic E-state index is 12.8. The third kappa shape index (κ3) is 4.29. The second-order valence-corrected chi connectivity index (χ2v) is 7.31. The fraction of sp³-hybridized carbons (Fsp3) is 0.444. The fourth-order valence-electron chi connectivity index (χ4n) is 3.57. The molecule has 2 aromatic rings. The van der Waals surface area contributed by atoms with E-state index in [9.17, 15) is 9.59 Å². The van der Waals surface area contributed by atoms with Gasteiger partial charge in [-0.05, 0) is 25.0 Å². The number of pyridine rings is 1. The van der Waals surface area contributed by atoms with E-state index in [1.165, 1.54) is 6.20 Å². The number of nitrogens with one attached hydrogen (secondary N) is 3. The van der Waals surface area contributed by atoms with Gasteiger partial charge in [-0.3, -0.25) is 14.7 Å². The number of amides is 2. The van der Waals surface area contributed by atoms with Gasteiger partial charge in [-0.25, -0.2) is 4.98 Å². The molecule has 2 amide bonds. The van der Waals surface area contributed by atoms with Crippen molar-refractivity contribution in [2.75, 3.05) is 25.0 Å². The number of aromatic amines is 1. The molecule has 0 radical (unpaired) electrons. The minimum Gasteiger partial charge on any atom is -0.337 e. The number of carbonyl (C=O) groups excluding carboxylic acids is 2. The molecule has 1 fully saturated rings. The highest BCUT2D eigenvalue weighted by Crippen LogP contribution is 2.23. The third-order valence-electron chi connectivity index (χ3n) is 5.14. The van der Waals surface area contributed by atoms with E-state index in [1.54, 1.807) is 17.0 Å². The number of likely N-dealkylation sites (tertiary alicyclic amines) is 1. The second kappa shape index (κ2) is 8.89. The minimum atomic E-state index is -0.138. The first-order chi connectivity index (χ1) is 13.1. The van der Waals surface area contributed by atoms with Crippen molar-refractivity contribution in [3.63, 3.8) is 0 Å². The highest BCUT2D eigenvalue weighted by molar-refractivity contribution is 6.30. The smallest absolute Gasteiger partial charge is 0.274 e. The summed E-state index contributed by atoms with van der Waals surface area (Å²) >= 11 is 5.81. The number of rotatable bonds is 3. The lowest BCUT2D eigenvalue weighted by Gasteiger charge is -2.31. The van der Waals surface area contributed by atoms with Crippen LogP contribution in [0, 0.1) is 5.92 Å². The number of aromatic nitrogens is 3. The van der Waals surface area contributed by atoms with Crippen LogP contribution in [0.15, 0.2) is 18.3 Å². The Bertz CT molecular complexity index is 846. The van der Waals surface area contributed by atoms with Crippen molar-refractivity contribution >= 4 is 41.6 Å². The van der Waals surface area contributed by atoms with Crippen molar-refractivity contribution in [3.8, 4) is 0 Å². The number of carbonyl (C=O) groups is 2. The average molecular weight is 425 g/mol. The highest BCUT2D eigenvalue weighted by atomic mass is 35.5. The molecule has 150 valence electrons. The van der Waals surface area contributed by atoms with Crippen molar-refractivity contribution in [1.29, 1.82) is 0 Å². The first kappa shape index (κ1) is 20.6. The average Bonchev–Trinajstić information content (AvgIpc) is 3.13. The Labute approximate surface area is 173 Å². The zero-order valence-electron chi connectivity index (χ0n) is 15.2. The van der Waals surface area contributed by atoms with Crippen LogP contribution >= 0.6 is 24.0 Å². The van der Waals surface area contributed by atoms with Gasteiger partial charge in [-0.2, -0.15) is 5.10 Å². The monoisotopic (exact) mass is 424 g/mol. The Morgan fingerprint density at radius 1 is 1.25 bits per heavy atom. The molecular formula is C18H22Cl2N6O2. The molecule has 28 heavy (non-hydrogen) atoms. The Balaban J connectivity index is 0.00000225. The topological polar surface area (TPSA) is 103 Å². The fourth-order valence-corrected chi connectivity index (χ4v) is 3.69. The van der Waals surface area contributed by atoms with Crippen molar-refractivity contribution in [2.24, 2.45) is 5.92 Å². The zero-order chi connectivity index (χ0) is 18.8. The zero-order valence-corrected chi connectivity index (χ0v) is 16.8. The van der Waals surface area contributed by atoms with Crippen LogP contribution in [0.2, 0.25) is 5.02 Å². The standard InChI is InChI=1S/C18H21ClN6O2.ClH/c19-12-1-2-15(21-9-12)22-17(26)11-4-7-25(8-5-11)18(27)16-13-10-20-6-3-14(13)23-24-16;/h1-2,9,11,20H,3-8,10H2,(H,23,24)(H,21,22,26);1H. The van der Waals surface area contributed by atoms with E-state index in [1.807, 2.05) is 0 Å². The molecule has 2 aliphatic rings. The van der Waals surface area contributed by atoms with E-state index < -0.39 is 0 Å². The molecule has 4 heterocycles. The lowest BCUT2D eigenvalue weighted by molar-refractivity contribution is -0.121. The molecule has 0 bridgehead atoms. The largest absolute Gasteiger partial charge is 0.337 e. The summed E-state index contributed by atoms with van der Waals surface area (Å²) < 4.78 is 0. The Morgan fingerprint density at radius 3 is 2.75 bits per heavy atom. The Kier molecular flexibility index (Phi) is 6.53. The van der Waals surface area contributed by atoms with E-state index in [0.717, 1.165) is 24.2 Å². The van der Waals surface area contributed by atoms with E-state index >= 15 is 0 Å². The Hall–Kier alpha value is -2.16. The van der Waals surface area contributed by atoms with Crippen molar-refractivity contribution in [3.05, 3.63) is 40.3 Å². The van der Waals surface area contributed by atoms with Crippen LogP contribution in [0.25, 0.3) is 0 Å². The summed E-state index contributed by atoms with van der Waals surface area (Å²) in [4.78, 5) is 31.1. The number of nitrogens with zero attached hydrogens (tertiary/aromatic N) is 3. The molecule has 10 heteroatoms. The van der Waals surface area contributed by atoms with E-state index in [2.05, 4.69) is 25.8 Å². The summed E-state index contributed by atoms with van der Waals surface area (Å²) in [5, 5.41) is 13.8. The van der Waals surface area contributed by atoms with E-state index in [0.29, 0.717) is 49.0 Å². The van der Waals surface area contributed by atoms with Gasteiger partial charge in [0, 0.05) is 56.0 Å². The minimum absolute atomic E-state index is 0. The maximum Gasteiger partial charge on any atom is 0.274 e. The molecule has 2 aromatic heterocycles. The molecule has 0 unspecified atom stereocenters. The number of piperidine rings is 1. The molecule has 2 aliphatic heterocycles. The van der Waals surface area contributed by atoms with Crippen LogP contribution < -0.4 is 10.6 Å². The van der Waals surface area contributed by atoms with Gasteiger partial charge in [0.1, 0.15) is 5.82 Å². The molecule has 4 rings (SSSR count). The van der Waals surface area contributed by atoms with Crippen LogP contribution in [0.1, 0.15) is 34.6 Å². The molecule has 0 aromatic carbocycles. The van der Waals surface area contributed by atoms with Gasteiger partial charge in [0.05, 0.1) is 5.02 Å². The van der Waals surface area contributed by atoms with Gasteiger partial charge in [0.15, 0.2) is 5.69 Å². The number of H-pyrrole nitrogens is 1. The van der Waals surface area contributed by atoms with Crippen molar-refractivity contribution in [2.45, 2.75) is 25.8 Å². The molecule has 1 saturated heterocycles. The van der Waals surface area contributed by atoms with Crippen LogP contribution in [0.3, 0.4) is 0 Å². The van der Waals surface area contributed by atoms with Crippen LogP contribution in [0.4, 0.5) is 5.82 Å². The summed E-state index contributed by atoms with van der Waals surface area (Å²) in [7, 11) is 0. The third-order valence-corrected chi connectivity index (χ3v) is 5.36.